The van der Waals surface area contributed by atoms with Gasteiger partial charge >= 0.3 is 0 Å². The molecule has 4 aromatic rings. The van der Waals surface area contributed by atoms with Crippen LogP contribution in [0, 0.1) is 0 Å². The van der Waals surface area contributed by atoms with Gasteiger partial charge in [0.05, 0.1) is 11.0 Å². The van der Waals surface area contributed by atoms with Gasteiger partial charge in [0.2, 0.25) is 0 Å². The van der Waals surface area contributed by atoms with E-state index in [0.717, 1.165) is 21.8 Å². The summed E-state index contributed by atoms with van der Waals surface area (Å²) in [6.07, 6.45) is 6.66. The summed E-state index contributed by atoms with van der Waals surface area (Å²) in [6.45, 7) is 0. The average molecular weight is 479 g/mol. The Balaban J connectivity index is 1.71. The first-order chi connectivity index (χ1) is 13.2. The molecule has 0 atom stereocenters. The summed E-state index contributed by atoms with van der Waals surface area (Å²) in [5, 5.41) is 2.55. The van der Waals surface area contributed by atoms with Crippen molar-refractivity contribution >= 4 is 64.9 Å². The number of hydrogen-bond acceptors (Lipinski definition) is 0. The standard InChI is InChI=1S/C24H17Br2N/c25-18-8-12-23-21(14-18)22-15-19(26)9-13-24(22)27(23)20-10-6-17(7-11-20)16-4-2-1-3-5-16/h1-6,8-10,12-15H,7,11H2. The summed E-state index contributed by atoms with van der Waals surface area (Å²) in [4.78, 5) is 0. The van der Waals surface area contributed by atoms with Gasteiger partial charge in [-0.25, -0.2) is 0 Å². The Labute approximate surface area is 175 Å². The van der Waals surface area contributed by atoms with Crippen LogP contribution in [0.4, 0.5) is 0 Å². The van der Waals surface area contributed by atoms with Crippen molar-refractivity contribution in [3.63, 3.8) is 0 Å². The van der Waals surface area contributed by atoms with Crippen LogP contribution >= 0.6 is 31.9 Å². The lowest BCUT2D eigenvalue weighted by Gasteiger charge is -2.18. The molecule has 0 saturated heterocycles. The zero-order valence-electron chi connectivity index (χ0n) is 14.6. The van der Waals surface area contributed by atoms with Gasteiger partial charge in [-0.05, 0) is 66.5 Å². The van der Waals surface area contributed by atoms with E-state index in [4.69, 9.17) is 0 Å². The Kier molecular flexibility index (Phi) is 4.30. The zero-order valence-corrected chi connectivity index (χ0v) is 17.8. The topological polar surface area (TPSA) is 4.93 Å². The minimum atomic E-state index is 1.03. The number of allylic oxidation sites excluding steroid dienone is 4. The largest absolute Gasteiger partial charge is 0.313 e. The maximum atomic E-state index is 3.63. The predicted octanol–water partition coefficient (Wildman–Crippen LogP) is 8.04. The second-order valence-electron chi connectivity index (χ2n) is 6.87. The molecule has 0 saturated carbocycles. The van der Waals surface area contributed by atoms with E-state index in [1.54, 1.807) is 0 Å². The van der Waals surface area contributed by atoms with Gasteiger partial charge in [-0.1, -0.05) is 68.3 Å². The van der Waals surface area contributed by atoms with Crippen LogP contribution in [-0.2, 0) is 0 Å². The molecule has 1 nitrogen and oxygen atoms in total. The van der Waals surface area contributed by atoms with E-state index in [0.29, 0.717) is 0 Å². The van der Waals surface area contributed by atoms with Crippen LogP contribution in [0.15, 0.2) is 87.8 Å². The minimum Gasteiger partial charge on any atom is -0.313 e. The molecule has 27 heavy (non-hydrogen) atoms. The smallest absolute Gasteiger partial charge is 0.0538 e. The molecule has 1 aliphatic rings. The summed E-state index contributed by atoms with van der Waals surface area (Å²) >= 11 is 7.26. The van der Waals surface area contributed by atoms with Gasteiger partial charge in [0.15, 0.2) is 0 Å². The van der Waals surface area contributed by atoms with Crippen molar-refractivity contribution in [2.75, 3.05) is 0 Å². The van der Waals surface area contributed by atoms with Crippen LogP contribution in [0.2, 0.25) is 0 Å². The molecule has 0 bridgehead atoms. The highest BCUT2D eigenvalue weighted by atomic mass is 79.9. The fraction of sp³-hybridized carbons (Fsp3) is 0.0833. The molecule has 3 heteroatoms. The highest BCUT2D eigenvalue weighted by Gasteiger charge is 2.16. The lowest BCUT2D eigenvalue weighted by atomic mass is 9.96. The SMILES string of the molecule is Brc1ccc2c(c1)c1cc(Br)ccc1n2C1=CC=C(c2ccccc2)CC1. The Morgan fingerprint density at radius 1 is 0.667 bits per heavy atom. The Morgan fingerprint density at radius 2 is 1.30 bits per heavy atom. The van der Waals surface area contributed by atoms with Crippen LogP contribution in [0.3, 0.4) is 0 Å². The van der Waals surface area contributed by atoms with Gasteiger partial charge in [-0.15, -0.1) is 0 Å². The van der Waals surface area contributed by atoms with Crippen LogP contribution in [0.5, 0.6) is 0 Å². The van der Waals surface area contributed by atoms with E-state index >= 15 is 0 Å². The molecule has 0 amide bonds. The molecule has 0 fully saturated rings. The predicted molar refractivity (Wildman–Crippen MR) is 123 cm³/mol. The van der Waals surface area contributed by atoms with Crippen molar-refractivity contribution in [3.05, 3.63) is 93.4 Å². The van der Waals surface area contributed by atoms with E-state index < -0.39 is 0 Å². The lowest BCUT2D eigenvalue weighted by molar-refractivity contribution is 0.992. The average Bonchev–Trinajstić information content (AvgIpc) is 3.02. The maximum Gasteiger partial charge on any atom is 0.0538 e. The first kappa shape index (κ1) is 17.0. The third-order valence-electron chi connectivity index (χ3n) is 5.25. The summed E-state index contributed by atoms with van der Waals surface area (Å²) < 4.78 is 4.64. The van der Waals surface area contributed by atoms with Gasteiger partial charge in [0.1, 0.15) is 0 Å². The lowest BCUT2D eigenvalue weighted by Crippen LogP contribution is -2.01. The molecular weight excluding hydrogens is 462 g/mol. The molecule has 1 aromatic heterocycles. The molecule has 0 N–H and O–H groups in total. The number of fused-ring (bicyclic) bond motifs is 3. The fourth-order valence-electron chi connectivity index (χ4n) is 3.98. The molecule has 5 rings (SSSR count). The Morgan fingerprint density at radius 3 is 1.85 bits per heavy atom. The normalized spacial score (nSPS) is 14.4. The highest BCUT2D eigenvalue weighted by molar-refractivity contribution is 9.10. The second kappa shape index (κ2) is 6.81. The Hall–Kier alpha value is -2.10. The van der Waals surface area contributed by atoms with Crippen LogP contribution in [0.1, 0.15) is 18.4 Å². The quantitative estimate of drug-likeness (QED) is 0.274. The van der Waals surface area contributed by atoms with E-state index in [9.17, 15) is 0 Å². The molecular formula is C24H17Br2N. The molecule has 1 heterocycles. The van der Waals surface area contributed by atoms with Gasteiger partial charge in [-0.2, -0.15) is 0 Å². The van der Waals surface area contributed by atoms with Crippen molar-refractivity contribution in [3.8, 4) is 0 Å². The molecule has 1 aliphatic carbocycles. The third kappa shape index (κ3) is 2.99. The van der Waals surface area contributed by atoms with Gasteiger partial charge in [0, 0.05) is 25.4 Å². The van der Waals surface area contributed by atoms with Crippen LogP contribution < -0.4 is 0 Å². The Bertz CT molecular complexity index is 1170. The van der Waals surface area contributed by atoms with Crippen molar-refractivity contribution in [1.82, 2.24) is 4.57 Å². The first-order valence-electron chi connectivity index (χ1n) is 9.05. The van der Waals surface area contributed by atoms with Gasteiger partial charge in [0.25, 0.3) is 0 Å². The van der Waals surface area contributed by atoms with Crippen molar-refractivity contribution in [2.45, 2.75) is 12.8 Å². The van der Waals surface area contributed by atoms with Gasteiger partial charge in [-0.3, -0.25) is 0 Å². The molecule has 0 spiro atoms. The molecule has 0 unspecified atom stereocenters. The monoisotopic (exact) mass is 477 g/mol. The number of hydrogen-bond donors (Lipinski definition) is 0. The first-order valence-corrected chi connectivity index (χ1v) is 10.6. The zero-order chi connectivity index (χ0) is 18.4. The number of rotatable bonds is 2. The summed E-state index contributed by atoms with van der Waals surface area (Å²) in [5.41, 5.74) is 6.59. The van der Waals surface area contributed by atoms with Crippen molar-refractivity contribution in [1.29, 1.82) is 0 Å². The number of nitrogens with zero attached hydrogens (tertiary/aromatic N) is 1. The second-order valence-corrected chi connectivity index (χ2v) is 8.71. The summed E-state index contributed by atoms with van der Waals surface area (Å²) in [5.74, 6) is 0. The maximum absolute atomic E-state index is 3.63. The van der Waals surface area contributed by atoms with Crippen molar-refractivity contribution in [2.24, 2.45) is 0 Å². The molecule has 0 radical (unpaired) electrons. The van der Waals surface area contributed by atoms with Crippen LogP contribution in [-0.4, -0.2) is 4.57 Å². The summed E-state index contributed by atoms with van der Waals surface area (Å²) in [6, 6.07) is 23.8. The van der Waals surface area contributed by atoms with E-state index in [1.165, 1.54) is 38.6 Å². The molecule has 3 aromatic carbocycles. The van der Waals surface area contributed by atoms with Crippen molar-refractivity contribution < 1.29 is 0 Å². The number of benzene rings is 3. The number of aromatic nitrogens is 1. The molecule has 0 aliphatic heterocycles. The highest BCUT2D eigenvalue weighted by Crippen LogP contribution is 2.38. The molecule has 132 valence electrons. The van der Waals surface area contributed by atoms with E-state index in [2.05, 4.69) is 115 Å². The van der Waals surface area contributed by atoms with E-state index in [1.807, 2.05) is 0 Å². The third-order valence-corrected chi connectivity index (χ3v) is 6.23. The van der Waals surface area contributed by atoms with Gasteiger partial charge < -0.3 is 4.57 Å². The number of halogens is 2. The van der Waals surface area contributed by atoms with E-state index in [-0.39, 0.29) is 0 Å². The summed E-state index contributed by atoms with van der Waals surface area (Å²) in [7, 11) is 0. The van der Waals surface area contributed by atoms with Crippen LogP contribution in [0.25, 0.3) is 33.1 Å². The minimum absolute atomic E-state index is 1.03. The fourth-order valence-corrected chi connectivity index (χ4v) is 4.70.